The van der Waals surface area contributed by atoms with E-state index in [4.69, 9.17) is 21.1 Å². The lowest BCUT2D eigenvalue weighted by Crippen LogP contribution is -2.55. The number of anilines is 1. The summed E-state index contributed by atoms with van der Waals surface area (Å²) in [6.07, 6.45) is -5.72. The minimum atomic E-state index is -1.46. The van der Waals surface area contributed by atoms with E-state index in [0.29, 0.717) is 41.6 Å². The molecule has 2 heterocycles. The van der Waals surface area contributed by atoms with E-state index in [0.717, 1.165) is 11.1 Å². The van der Waals surface area contributed by atoms with E-state index in [1.165, 1.54) is 6.92 Å². The maximum absolute atomic E-state index is 12.0. The SMILES string of the molecule is CC(=O)N1CCOc2ccc(Cc3cc([C@@H]4O[C@H](CO)[C@@H](O)[C@H](O)[C@H]4O)ccc3Cl)cc21. The summed E-state index contributed by atoms with van der Waals surface area (Å²) in [7, 11) is 0. The lowest BCUT2D eigenvalue weighted by molar-refractivity contribution is -0.231. The monoisotopic (exact) mass is 463 g/mol. The predicted octanol–water partition coefficient (Wildman–Crippen LogP) is 1.19. The molecule has 0 aromatic heterocycles. The number of hydrogen-bond donors (Lipinski definition) is 4. The first-order valence-corrected chi connectivity index (χ1v) is 10.8. The molecular formula is C23H26ClNO7. The first-order valence-electron chi connectivity index (χ1n) is 10.4. The Labute approximate surface area is 190 Å². The van der Waals surface area contributed by atoms with Gasteiger partial charge in [-0.25, -0.2) is 0 Å². The highest BCUT2D eigenvalue weighted by molar-refractivity contribution is 6.31. The number of carbonyl (C=O) groups is 1. The summed E-state index contributed by atoms with van der Waals surface area (Å²) in [6.45, 7) is 1.95. The number of fused-ring (bicyclic) bond motifs is 1. The van der Waals surface area contributed by atoms with Crippen LogP contribution in [0, 0.1) is 0 Å². The fourth-order valence-corrected chi connectivity index (χ4v) is 4.39. The zero-order valence-electron chi connectivity index (χ0n) is 17.5. The van der Waals surface area contributed by atoms with Crippen molar-refractivity contribution in [1.82, 2.24) is 0 Å². The van der Waals surface area contributed by atoms with Gasteiger partial charge in [-0.1, -0.05) is 29.8 Å². The Morgan fingerprint density at radius 2 is 1.91 bits per heavy atom. The number of rotatable bonds is 4. The highest BCUT2D eigenvalue weighted by Crippen LogP contribution is 2.36. The molecule has 0 unspecified atom stereocenters. The van der Waals surface area contributed by atoms with Crippen molar-refractivity contribution in [2.24, 2.45) is 0 Å². The zero-order chi connectivity index (χ0) is 23.0. The molecule has 1 amide bonds. The van der Waals surface area contributed by atoms with Gasteiger partial charge in [-0.05, 0) is 41.3 Å². The molecule has 172 valence electrons. The number of nitrogens with zero attached hydrogens (tertiary/aromatic N) is 1. The summed E-state index contributed by atoms with van der Waals surface area (Å²) in [6, 6.07) is 10.8. The van der Waals surface area contributed by atoms with Gasteiger partial charge < -0.3 is 34.8 Å². The number of ether oxygens (including phenoxy) is 2. The Bertz CT molecular complexity index is 998. The van der Waals surface area contributed by atoms with Crippen LogP contribution >= 0.6 is 11.6 Å². The Morgan fingerprint density at radius 1 is 1.12 bits per heavy atom. The highest BCUT2D eigenvalue weighted by atomic mass is 35.5. The van der Waals surface area contributed by atoms with Crippen LogP contribution in [-0.4, -0.2) is 70.5 Å². The van der Waals surface area contributed by atoms with Crippen LogP contribution in [0.15, 0.2) is 36.4 Å². The molecule has 2 aromatic carbocycles. The smallest absolute Gasteiger partial charge is 0.224 e. The highest BCUT2D eigenvalue weighted by Gasteiger charge is 2.44. The number of aliphatic hydroxyl groups is 4. The summed E-state index contributed by atoms with van der Waals surface area (Å²) in [4.78, 5) is 13.7. The third kappa shape index (κ3) is 4.34. The molecule has 32 heavy (non-hydrogen) atoms. The molecule has 0 aliphatic carbocycles. The molecule has 1 saturated heterocycles. The van der Waals surface area contributed by atoms with Crippen molar-refractivity contribution in [2.45, 2.75) is 43.9 Å². The second-order valence-corrected chi connectivity index (χ2v) is 8.51. The van der Waals surface area contributed by atoms with E-state index in [2.05, 4.69) is 0 Å². The van der Waals surface area contributed by atoms with E-state index >= 15 is 0 Å². The van der Waals surface area contributed by atoms with Gasteiger partial charge in [0.2, 0.25) is 5.91 Å². The van der Waals surface area contributed by atoms with Crippen molar-refractivity contribution < 1.29 is 34.7 Å². The molecule has 2 aromatic rings. The number of halogens is 1. The molecule has 1 fully saturated rings. The molecular weight excluding hydrogens is 438 g/mol. The van der Waals surface area contributed by atoms with Crippen LogP contribution in [0.25, 0.3) is 0 Å². The number of benzene rings is 2. The van der Waals surface area contributed by atoms with E-state index in [9.17, 15) is 25.2 Å². The van der Waals surface area contributed by atoms with Gasteiger partial charge >= 0.3 is 0 Å². The van der Waals surface area contributed by atoms with Gasteiger partial charge in [0.25, 0.3) is 0 Å². The van der Waals surface area contributed by atoms with E-state index < -0.39 is 37.1 Å². The molecule has 9 heteroatoms. The van der Waals surface area contributed by atoms with E-state index in [1.54, 1.807) is 23.1 Å². The lowest BCUT2D eigenvalue weighted by atomic mass is 9.90. The minimum absolute atomic E-state index is 0.0608. The number of hydrogen-bond acceptors (Lipinski definition) is 7. The number of amides is 1. The van der Waals surface area contributed by atoms with Crippen molar-refractivity contribution in [2.75, 3.05) is 24.7 Å². The molecule has 8 nitrogen and oxygen atoms in total. The third-order valence-corrected chi connectivity index (χ3v) is 6.32. The van der Waals surface area contributed by atoms with Crippen LogP contribution in [0.5, 0.6) is 5.75 Å². The fourth-order valence-electron chi connectivity index (χ4n) is 4.20. The lowest BCUT2D eigenvalue weighted by Gasteiger charge is -2.40. The summed E-state index contributed by atoms with van der Waals surface area (Å²) >= 11 is 6.43. The second-order valence-electron chi connectivity index (χ2n) is 8.10. The topological polar surface area (TPSA) is 120 Å². The molecule has 0 bridgehead atoms. The van der Waals surface area contributed by atoms with Gasteiger partial charge in [0.05, 0.1) is 18.8 Å². The Balaban J connectivity index is 1.62. The van der Waals surface area contributed by atoms with Gasteiger partial charge in [-0.3, -0.25) is 4.79 Å². The molecule has 2 aliphatic heterocycles. The van der Waals surface area contributed by atoms with Gasteiger partial charge in [0.15, 0.2) is 0 Å². The zero-order valence-corrected chi connectivity index (χ0v) is 18.3. The van der Waals surface area contributed by atoms with E-state index in [1.807, 2.05) is 18.2 Å². The molecule has 0 saturated carbocycles. The predicted molar refractivity (Wildman–Crippen MR) is 117 cm³/mol. The van der Waals surface area contributed by atoms with E-state index in [-0.39, 0.29) is 5.91 Å². The van der Waals surface area contributed by atoms with Gasteiger partial charge in [0, 0.05) is 11.9 Å². The molecule has 2 aliphatic rings. The van der Waals surface area contributed by atoms with Gasteiger partial charge in [-0.15, -0.1) is 0 Å². The van der Waals surface area contributed by atoms with Crippen LogP contribution in [0.1, 0.15) is 29.7 Å². The van der Waals surface area contributed by atoms with Gasteiger partial charge in [-0.2, -0.15) is 0 Å². The third-order valence-electron chi connectivity index (χ3n) is 5.95. The minimum Gasteiger partial charge on any atom is -0.490 e. The molecule has 0 spiro atoms. The first kappa shape index (κ1) is 23.0. The van der Waals surface area contributed by atoms with Crippen LogP contribution in [0.4, 0.5) is 5.69 Å². The maximum atomic E-state index is 12.0. The fraction of sp³-hybridized carbons (Fsp3) is 0.435. The molecule has 5 atom stereocenters. The van der Waals surface area contributed by atoms with Crippen molar-refractivity contribution in [3.8, 4) is 5.75 Å². The molecule has 0 radical (unpaired) electrons. The Morgan fingerprint density at radius 3 is 2.62 bits per heavy atom. The largest absolute Gasteiger partial charge is 0.490 e. The molecule has 4 N–H and O–H groups in total. The van der Waals surface area contributed by atoms with Crippen LogP contribution in [-0.2, 0) is 16.0 Å². The molecule has 4 rings (SSSR count). The summed E-state index contributed by atoms with van der Waals surface area (Å²) in [5.41, 5.74) is 2.94. The van der Waals surface area contributed by atoms with Crippen molar-refractivity contribution in [3.05, 3.63) is 58.1 Å². The van der Waals surface area contributed by atoms with Crippen LogP contribution in [0.2, 0.25) is 5.02 Å². The Kier molecular flexibility index (Phi) is 6.71. The number of carbonyl (C=O) groups excluding carboxylic acids is 1. The van der Waals surface area contributed by atoms with Crippen LogP contribution < -0.4 is 9.64 Å². The summed E-state index contributed by atoms with van der Waals surface area (Å²) < 4.78 is 11.3. The normalized spacial score (nSPS) is 27.6. The average Bonchev–Trinajstić information content (AvgIpc) is 2.79. The van der Waals surface area contributed by atoms with Gasteiger partial charge in [0.1, 0.15) is 42.9 Å². The Hall–Kier alpha value is -2.20. The first-order chi connectivity index (χ1) is 15.3. The summed E-state index contributed by atoms with van der Waals surface area (Å²) in [5.74, 6) is 0.589. The van der Waals surface area contributed by atoms with Crippen LogP contribution in [0.3, 0.4) is 0 Å². The van der Waals surface area contributed by atoms with Crippen molar-refractivity contribution >= 4 is 23.2 Å². The average molecular weight is 464 g/mol. The second kappa shape index (κ2) is 9.35. The summed E-state index contributed by atoms with van der Waals surface area (Å²) in [5, 5.41) is 40.5. The van der Waals surface area contributed by atoms with Crippen molar-refractivity contribution in [1.29, 1.82) is 0 Å². The standard InChI is InChI=1S/C23H26ClNO7/c1-12(27)25-6-7-31-18-5-2-13(9-17(18)25)8-15-10-14(3-4-16(15)24)23-22(30)21(29)20(28)19(11-26)32-23/h2-5,9-10,19-23,26,28-30H,6-8,11H2,1H3/t19-,20-,21+,22-,23+/m1/s1. The van der Waals surface area contributed by atoms with Crippen molar-refractivity contribution in [3.63, 3.8) is 0 Å². The quantitative estimate of drug-likeness (QED) is 0.537. The maximum Gasteiger partial charge on any atom is 0.224 e. The number of aliphatic hydroxyl groups excluding tert-OH is 4.